The van der Waals surface area contributed by atoms with Gasteiger partial charge in [-0.2, -0.15) is 0 Å². The summed E-state index contributed by atoms with van der Waals surface area (Å²) in [6.45, 7) is 2.38. The van der Waals surface area contributed by atoms with Gasteiger partial charge in [0, 0.05) is 0 Å². The van der Waals surface area contributed by atoms with Crippen molar-refractivity contribution in [3.05, 3.63) is 75.1 Å². The molecule has 3 heteroatoms. The Hall–Kier alpha value is 0.163. The van der Waals surface area contributed by atoms with Gasteiger partial charge in [0.2, 0.25) is 0 Å². The average molecular weight is 487 g/mol. The summed E-state index contributed by atoms with van der Waals surface area (Å²) in [5.74, 6) is 3.72. The fourth-order valence-corrected chi connectivity index (χ4v) is 4.37. The first-order valence-corrected chi connectivity index (χ1v) is 15.9. The molecule has 3 aliphatic rings. The van der Waals surface area contributed by atoms with Crippen LogP contribution >= 0.6 is 17.0 Å². The Bertz CT molecular complexity index is 508. The molecule has 4 rings (SSSR count). The van der Waals surface area contributed by atoms with Crippen LogP contribution in [0.5, 0.6) is 0 Å². The van der Waals surface area contributed by atoms with Crippen molar-refractivity contribution in [1.82, 2.24) is 0 Å². The van der Waals surface area contributed by atoms with E-state index in [4.69, 9.17) is 17.0 Å². The zero-order valence-corrected chi connectivity index (χ0v) is 21.2. The minimum absolute atomic E-state index is 0. The number of hydrogen-bond donors (Lipinski definition) is 0. The number of benzene rings is 1. The predicted octanol–water partition coefficient (Wildman–Crippen LogP) is 8.47. The Balaban J connectivity index is 0.000000426. The van der Waals surface area contributed by atoms with Crippen molar-refractivity contribution >= 4 is 17.0 Å². The van der Waals surface area contributed by atoms with Gasteiger partial charge >= 0.3 is 37.9 Å². The number of fused-ring (bicyclic) bond motifs is 1. The molecule has 150 valence electrons. The first-order valence-electron chi connectivity index (χ1n) is 9.58. The summed E-state index contributed by atoms with van der Waals surface area (Å²) in [5.41, 5.74) is 1.52. The van der Waals surface area contributed by atoms with Crippen LogP contribution in [0, 0.1) is 38.5 Å². The first kappa shape index (κ1) is 27.2. The summed E-state index contributed by atoms with van der Waals surface area (Å²) in [4.78, 5) is 0. The fraction of sp³-hybridized carbons (Fsp3) is 0.500. The molecule has 0 aromatic heterocycles. The van der Waals surface area contributed by atoms with E-state index in [1.807, 2.05) is 0 Å². The van der Waals surface area contributed by atoms with Gasteiger partial charge in [-0.3, -0.25) is 0 Å². The van der Waals surface area contributed by atoms with Gasteiger partial charge in [0.05, 0.1) is 0 Å². The molecule has 27 heavy (non-hydrogen) atoms. The summed E-state index contributed by atoms with van der Waals surface area (Å²) in [6, 6.07) is 10.9. The molecule has 0 saturated heterocycles. The first-order chi connectivity index (χ1) is 12.2. The van der Waals surface area contributed by atoms with E-state index in [-0.39, 0.29) is 14.9 Å². The van der Waals surface area contributed by atoms with Gasteiger partial charge in [-0.15, -0.1) is 0 Å². The van der Waals surface area contributed by atoms with E-state index in [0.717, 1.165) is 23.7 Å². The van der Waals surface area contributed by atoms with E-state index in [1.54, 1.807) is 0 Å². The molecule has 2 fully saturated rings. The van der Waals surface area contributed by atoms with Crippen LogP contribution in [-0.4, -0.2) is 0 Å². The number of hydrogen-bond acceptors (Lipinski definition) is 0. The van der Waals surface area contributed by atoms with Crippen molar-refractivity contribution in [3.8, 4) is 0 Å². The van der Waals surface area contributed by atoms with Gasteiger partial charge in [-0.25, -0.2) is 0 Å². The second-order valence-corrected chi connectivity index (χ2v) is 11.3. The molecule has 4 atom stereocenters. The molecule has 0 heterocycles. The molecule has 0 amide bonds. The Kier molecular flexibility index (Phi) is 16.1. The van der Waals surface area contributed by atoms with Crippen molar-refractivity contribution in [2.24, 2.45) is 23.7 Å². The summed E-state index contributed by atoms with van der Waals surface area (Å²) in [5, 5.41) is 0. The van der Waals surface area contributed by atoms with Crippen LogP contribution in [0.1, 0.15) is 51.0 Å². The SMILES string of the molecule is C1=CC2CCCC2C=C1.CC1CCC(Cc2ccccc2)C1.[CH3-].[CH3-].[Cl][Zr+2][Cl]. The monoisotopic (exact) mass is 484 g/mol. The van der Waals surface area contributed by atoms with Gasteiger partial charge < -0.3 is 14.9 Å². The second kappa shape index (κ2) is 16.0. The third-order valence-corrected chi connectivity index (χ3v) is 5.62. The van der Waals surface area contributed by atoms with Crippen LogP contribution in [0.3, 0.4) is 0 Å². The molecule has 0 bridgehead atoms. The molecule has 1 aromatic carbocycles. The topological polar surface area (TPSA) is 0 Å². The molecule has 0 nitrogen and oxygen atoms in total. The van der Waals surface area contributed by atoms with E-state index >= 15 is 0 Å². The normalized spacial score (nSPS) is 26.8. The Morgan fingerprint density at radius 2 is 1.44 bits per heavy atom. The van der Waals surface area contributed by atoms with E-state index in [9.17, 15) is 0 Å². The molecule has 0 aliphatic heterocycles. The van der Waals surface area contributed by atoms with Crippen molar-refractivity contribution < 1.29 is 20.8 Å². The third kappa shape index (κ3) is 10.5. The van der Waals surface area contributed by atoms with Crippen LogP contribution in [0.15, 0.2) is 54.6 Å². The summed E-state index contributed by atoms with van der Waals surface area (Å²) >= 11 is -0.826. The Morgan fingerprint density at radius 1 is 0.889 bits per heavy atom. The standard InChI is InChI=1S/C13H18.C9H12.2CH3.2ClH.Zr/c1-11-7-8-13(9-11)10-12-5-3-2-4-6-12;1-2-5-9-7-3-6-8(9)4-1;;;;;/h2-6,11,13H,7-10H2,1H3;1-2,4-5,8-9H,3,6-7H2;2*1H3;2*1H;/q;;2*-1;;;+4/p-2. The Labute approximate surface area is 187 Å². The van der Waals surface area contributed by atoms with Crippen LogP contribution < -0.4 is 0 Å². The molecular formula is C24H36Cl2Zr. The predicted molar refractivity (Wildman–Crippen MR) is 120 cm³/mol. The van der Waals surface area contributed by atoms with Gasteiger partial charge in [-0.1, -0.05) is 74.4 Å². The van der Waals surface area contributed by atoms with Crippen molar-refractivity contribution in [3.63, 3.8) is 0 Å². The maximum absolute atomic E-state index is 4.93. The third-order valence-electron chi connectivity index (χ3n) is 5.62. The molecular weight excluding hydrogens is 450 g/mol. The quantitative estimate of drug-likeness (QED) is 0.368. The molecule has 0 radical (unpaired) electrons. The van der Waals surface area contributed by atoms with Crippen LogP contribution in [0.25, 0.3) is 0 Å². The minimum atomic E-state index is -0.826. The van der Waals surface area contributed by atoms with Gasteiger partial charge in [0.1, 0.15) is 0 Å². The molecule has 1 aromatic rings. The van der Waals surface area contributed by atoms with Gasteiger partial charge in [-0.05, 0) is 61.3 Å². The maximum atomic E-state index is 4.93. The summed E-state index contributed by atoms with van der Waals surface area (Å²) in [6.07, 6.45) is 19.0. The van der Waals surface area contributed by atoms with Crippen LogP contribution in [-0.2, 0) is 27.3 Å². The van der Waals surface area contributed by atoms with Crippen molar-refractivity contribution in [2.75, 3.05) is 0 Å². The van der Waals surface area contributed by atoms with Crippen LogP contribution in [0.2, 0.25) is 0 Å². The molecule has 3 aliphatic carbocycles. The Morgan fingerprint density at radius 3 is 1.93 bits per heavy atom. The number of rotatable bonds is 2. The van der Waals surface area contributed by atoms with E-state index in [1.165, 1.54) is 50.5 Å². The van der Waals surface area contributed by atoms with Gasteiger partial charge in [0.15, 0.2) is 0 Å². The van der Waals surface area contributed by atoms with E-state index < -0.39 is 20.8 Å². The number of halogens is 2. The molecule has 0 spiro atoms. The van der Waals surface area contributed by atoms with Crippen molar-refractivity contribution in [2.45, 2.75) is 51.9 Å². The fourth-order valence-electron chi connectivity index (χ4n) is 4.37. The van der Waals surface area contributed by atoms with Crippen molar-refractivity contribution in [1.29, 1.82) is 0 Å². The van der Waals surface area contributed by atoms with E-state index in [0.29, 0.717) is 0 Å². The summed E-state index contributed by atoms with van der Waals surface area (Å²) < 4.78 is 0. The molecule has 2 saturated carbocycles. The second-order valence-electron chi connectivity index (χ2n) is 7.57. The zero-order valence-electron chi connectivity index (χ0n) is 17.2. The molecule has 4 unspecified atom stereocenters. The van der Waals surface area contributed by atoms with Crippen LogP contribution in [0.4, 0.5) is 0 Å². The van der Waals surface area contributed by atoms with Gasteiger partial charge in [0.25, 0.3) is 0 Å². The average Bonchev–Trinajstić information content (AvgIpc) is 3.26. The molecule has 0 N–H and O–H groups in total. The summed E-state index contributed by atoms with van der Waals surface area (Å²) in [7, 11) is 9.87. The number of allylic oxidation sites excluding steroid dienone is 4. The zero-order chi connectivity index (χ0) is 17.9. The van der Waals surface area contributed by atoms with E-state index in [2.05, 4.69) is 61.6 Å².